The number of esters is 1. The summed E-state index contributed by atoms with van der Waals surface area (Å²) in [6, 6.07) is 11.9. The van der Waals surface area contributed by atoms with Crippen LogP contribution in [0.5, 0.6) is 0 Å². The molecule has 1 aromatic carbocycles. The van der Waals surface area contributed by atoms with Gasteiger partial charge in [0, 0.05) is 18.2 Å². The van der Waals surface area contributed by atoms with E-state index < -0.39 is 0 Å². The second-order valence-electron chi connectivity index (χ2n) is 4.88. The molecular formula is C16H12N2O2. The van der Waals surface area contributed by atoms with Crippen molar-refractivity contribution in [2.45, 2.75) is 6.42 Å². The highest BCUT2D eigenvalue weighted by Crippen LogP contribution is 2.36. The summed E-state index contributed by atoms with van der Waals surface area (Å²) in [6.45, 7) is 0. The molecule has 0 spiro atoms. The van der Waals surface area contributed by atoms with Gasteiger partial charge in [0.25, 0.3) is 0 Å². The molecule has 1 aliphatic carbocycles. The molecule has 4 rings (SSSR count). The van der Waals surface area contributed by atoms with E-state index in [1.807, 2.05) is 22.6 Å². The minimum atomic E-state index is -0.329. The van der Waals surface area contributed by atoms with E-state index in [2.05, 4.69) is 17.1 Å². The van der Waals surface area contributed by atoms with Gasteiger partial charge >= 0.3 is 5.97 Å². The summed E-state index contributed by atoms with van der Waals surface area (Å²) in [6.07, 6.45) is 2.65. The molecule has 4 nitrogen and oxygen atoms in total. The highest BCUT2D eigenvalue weighted by atomic mass is 16.5. The summed E-state index contributed by atoms with van der Waals surface area (Å²) in [5.74, 6) is -0.329. The number of pyridine rings is 1. The van der Waals surface area contributed by atoms with Gasteiger partial charge in [-0.2, -0.15) is 0 Å². The molecule has 0 aliphatic heterocycles. The van der Waals surface area contributed by atoms with E-state index in [1.165, 1.54) is 18.2 Å². The summed E-state index contributed by atoms with van der Waals surface area (Å²) in [4.78, 5) is 16.3. The Morgan fingerprint density at radius 3 is 2.95 bits per heavy atom. The maximum absolute atomic E-state index is 11.6. The number of imidazole rings is 1. The van der Waals surface area contributed by atoms with Crippen LogP contribution in [-0.4, -0.2) is 22.5 Å². The summed E-state index contributed by atoms with van der Waals surface area (Å²) in [5.41, 5.74) is 6.01. The number of carbonyl (C=O) groups excluding carboxylic acids is 1. The number of hydrogen-bond acceptors (Lipinski definition) is 3. The Bertz CT molecular complexity index is 849. The molecular weight excluding hydrogens is 252 g/mol. The zero-order valence-corrected chi connectivity index (χ0v) is 11.0. The Kier molecular flexibility index (Phi) is 2.21. The van der Waals surface area contributed by atoms with Crippen molar-refractivity contribution in [2.75, 3.05) is 7.11 Å². The summed E-state index contributed by atoms with van der Waals surface area (Å²) in [7, 11) is 1.39. The van der Waals surface area contributed by atoms with Gasteiger partial charge in [0.2, 0.25) is 0 Å². The number of methoxy groups -OCH3 is 1. The summed E-state index contributed by atoms with van der Waals surface area (Å²) in [5, 5.41) is 0. The van der Waals surface area contributed by atoms with Gasteiger partial charge in [0.15, 0.2) is 0 Å². The molecule has 2 heterocycles. The first-order chi connectivity index (χ1) is 9.78. The molecule has 0 N–H and O–H groups in total. The van der Waals surface area contributed by atoms with Crippen LogP contribution in [-0.2, 0) is 11.2 Å². The molecule has 0 fully saturated rings. The first-order valence-corrected chi connectivity index (χ1v) is 6.45. The van der Waals surface area contributed by atoms with Crippen LogP contribution in [0.25, 0.3) is 16.9 Å². The number of ether oxygens (including phenoxy) is 1. The highest BCUT2D eigenvalue weighted by Gasteiger charge is 2.23. The molecule has 1 aliphatic rings. The Morgan fingerprint density at radius 1 is 1.25 bits per heavy atom. The topological polar surface area (TPSA) is 43.6 Å². The van der Waals surface area contributed by atoms with Crippen molar-refractivity contribution in [1.82, 2.24) is 9.38 Å². The monoisotopic (exact) mass is 264 g/mol. The largest absolute Gasteiger partial charge is 0.465 e. The van der Waals surface area contributed by atoms with Gasteiger partial charge in [-0.1, -0.05) is 24.3 Å². The van der Waals surface area contributed by atoms with Crippen molar-refractivity contribution in [1.29, 1.82) is 0 Å². The third-order valence-corrected chi connectivity index (χ3v) is 3.77. The Morgan fingerprint density at radius 2 is 2.10 bits per heavy atom. The number of hydrogen-bond donors (Lipinski definition) is 0. The van der Waals surface area contributed by atoms with Crippen LogP contribution in [0.15, 0.2) is 42.6 Å². The van der Waals surface area contributed by atoms with E-state index in [0.29, 0.717) is 5.56 Å². The average molecular weight is 264 g/mol. The first-order valence-electron chi connectivity index (χ1n) is 6.45. The molecule has 2 aromatic heterocycles. The molecule has 0 saturated heterocycles. The normalized spacial score (nSPS) is 12.2. The van der Waals surface area contributed by atoms with E-state index in [0.717, 1.165) is 23.5 Å². The number of nitrogens with zero attached hydrogens (tertiary/aromatic N) is 2. The molecule has 0 bridgehead atoms. The third kappa shape index (κ3) is 1.42. The van der Waals surface area contributed by atoms with Crippen LogP contribution in [0.2, 0.25) is 0 Å². The van der Waals surface area contributed by atoms with Crippen molar-refractivity contribution >= 4 is 11.6 Å². The van der Waals surface area contributed by atoms with E-state index >= 15 is 0 Å². The minimum Gasteiger partial charge on any atom is -0.465 e. The predicted molar refractivity (Wildman–Crippen MR) is 74.8 cm³/mol. The lowest BCUT2D eigenvalue weighted by Gasteiger charge is -2.02. The van der Waals surface area contributed by atoms with Gasteiger partial charge in [-0.3, -0.25) is 0 Å². The van der Waals surface area contributed by atoms with Gasteiger partial charge in [0.1, 0.15) is 5.65 Å². The zero-order chi connectivity index (χ0) is 13.7. The van der Waals surface area contributed by atoms with Crippen molar-refractivity contribution < 1.29 is 9.53 Å². The lowest BCUT2D eigenvalue weighted by atomic mass is 10.1. The number of aromatic nitrogens is 2. The Labute approximate surface area is 115 Å². The van der Waals surface area contributed by atoms with Gasteiger partial charge in [-0.25, -0.2) is 9.78 Å². The summed E-state index contributed by atoms with van der Waals surface area (Å²) < 4.78 is 6.76. The minimum absolute atomic E-state index is 0.329. The van der Waals surface area contributed by atoms with Crippen LogP contribution in [0.4, 0.5) is 0 Å². The second-order valence-corrected chi connectivity index (χ2v) is 4.88. The van der Waals surface area contributed by atoms with Crippen LogP contribution >= 0.6 is 0 Å². The maximum Gasteiger partial charge on any atom is 0.339 e. The van der Waals surface area contributed by atoms with Gasteiger partial charge in [0.05, 0.1) is 24.1 Å². The Hall–Kier alpha value is -2.62. The quantitative estimate of drug-likeness (QED) is 0.496. The highest BCUT2D eigenvalue weighted by molar-refractivity contribution is 5.89. The zero-order valence-electron chi connectivity index (χ0n) is 11.0. The molecule has 0 atom stereocenters. The average Bonchev–Trinajstić information content (AvgIpc) is 3.02. The Balaban J connectivity index is 1.95. The number of benzene rings is 1. The van der Waals surface area contributed by atoms with Crippen LogP contribution in [0, 0.1) is 0 Å². The summed E-state index contributed by atoms with van der Waals surface area (Å²) >= 11 is 0. The van der Waals surface area contributed by atoms with E-state index in [9.17, 15) is 4.79 Å². The fraction of sp³-hybridized carbons (Fsp3) is 0.125. The molecule has 0 radical (unpaired) electrons. The van der Waals surface area contributed by atoms with Crippen molar-refractivity contribution in [2.24, 2.45) is 0 Å². The second kappa shape index (κ2) is 3.93. The smallest absolute Gasteiger partial charge is 0.339 e. The van der Waals surface area contributed by atoms with Crippen LogP contribution < -0.4 is 0 Å². The number of rotatable bonds is 1. The molecule has 3 aromatic rings. The lowest BCUT2D eigenvalue weighted by molar-refractivity contribution is 0.0600. The van der Waals surface area contributed by atoms with E-state index in [1.54, 1.807) is 12.3 Å². The predicted octanol–water partition coefficient (Wildman–Crippen LogP) is 2.69. The van der Waals surface area contributed by atoms with Gasteiger partial charge in [-0.05, 0) is 17.7 Å². The fourth-order valence-corrected chi connectivity index (χ4v) is 2.80. The maximum atomic E-state index is 11.6. The molecule has 0 amide bonds. The van der Waals surface area contributed by atoms with Crippen molar-refractivity contribution in [3.8, 4) is 11.3 Å². The fourth-order valence-electron chi connectivity index (χ4n) is 2.80. The number of carbonyl (C=O) groups is 1. The number of fused-ring (bicyclic) bond motifs is 5. The lowest BCUT2D eigenvalue weighted by Crippen LogP contribution is -2.03. The van der Waals surface area contributed by atoms with Crippen molar-refractivity contribution in [3.05, 3.63) is 59.4 Å². The standard InChI is InChI=1S/C16H12N2O2/c1-20-16(19)11-6-7-14-17-15-12-5-3-2-4-10(12)8-13(15)18(14)9-11/h2-7,9H,8H2,1H3. The molecule has 0 unspecified atom stereocenters. The van der Waals surface area contributed by atoms with Gasteiger partial charge in [-0.15, -0.1) is 0 Å². The third-order valence-electron chi connectivity index (χ3n) is 3.77. The molecule has 4 heteroatoms. The molecule has 98 valence electrons. The van der Waals surface area contributed by atoms with Crippen LogP contribution in [0.3, 0.4) is 0 Å². The van der Waals surface area contributed by atoms with E-state index in [4.69, 9.17) is 4.74 Å². The first kappa shape index (κ1) is 11.2. The molecule has 20 heavy (non-hydrogen) atoms. The SMILES string of the molecule is COC(=O)c1ccc2nc3c(n2c1)Cc1ccccc1-3. The van der Waals surface area contributed by atoms with Gasteiger partial charge < -0.3 is 9.14 Å². The molecule has 0 saturated carbocycles. The van der Waals surface area contributed by atoms with Crippen LogP contribution in [0.1, 0.15) is 21.6 Å². The van der Waals surface area contributed by atoms with E-state index in [-0.39, 0.29) is 5.97 Å². The van der Waals surface area contributed by atoms with Crippen molar-refractivity contribution in [3.63, 3.8) is 0 Å².